The zero-order valence-electron chi connectivity index (χ0n) is 10.6. The van der Waals surface area contributed by atoms with Gasteiger partial charge in [0.15, 0.2) is 0 Å². The second kappa shape index (κ2) is 6.27. The fourth-order valence-electron chi connectivity index (χ4n) is 1.61. The number of nitrogens with one attached hydrogen (secondary N) is 1. The molecule has 0 unspecified atom stereocenters. The third kappa shape index (κ3) is 3.14. The predicted octanol–water partition coefficient (Wildman–Crippen LogP) is 3.21. The number of rotatable bonds is 4. The van der Waals surface area contributed by atoms with E-state index >= 15 is 0 Å². The molecule has 0 radical (unpaired) electrons. The molecule has 1 aromatic rings. The van der Waals surface area contributed by atoms with E-state index in [1.54, 1.807) is 6.07 Å². The van der Waals surface area contributed by atoms with Gasteiger partial charge in [0.1, 0.15) is 5.75 Å². The van der Waals surface area contributed by atoms with Crippen molar-refractivity contribution in [3.63, 3.8) is 0 Å². The van der Waals surface area contributed by atoms with Gasteiger partial charge in [-0.05, 0) is 31.0 Å². The third-order valence-corrected chi connectivity index (χ3v) is 3.17. The summed E-state index contributed by atoms with van der Waals surface area (Å²) in [6.07, 6.45) is 0.345. The largest absolute Gasteiger partial charge is 0.495 e. The van der Waals surface area contributed by atoms with E-state index in [2.05, 4.69) is 5.32 Å². The molecule has 0 aliphatic heterocycles. The highest BCUT2D eigenvalue weighted by molar-refractivity contribution is 6.32. The first kappa shape index (κ1) is 14.3. The second-order valence-electron chi connectivity index (χ2n) is 3.92. The number of ether oxygens (including phenoxy) is 1. The maximum atomic E-state index is 11.6. The number of aryl methyl sites for hydroxylation is 1. The summed E-state index contributed by atoms with van der Waals surface area (Å²) in [7, 11) is 1.53. The molecule has 0 atom stereocenters. The number of nitriles is 1. The van der Waals surface area contributed by atoms with E-state index in [0.717, 1.165) is 11.1 Å². The van der Waals surface area contributed by atoms with Gasteiger partial charge >= 0.3 is 0 Å². The number of hydrogen-bond donors (Lipinski definition) is 1. The van der Waals surface area contributed by atoms with Crippen molar-refractivity contribution in [2.24, 2.45) is 0 Å². The molecule has 0 saturated carbocycles. The van der Waals surface area contributed by atoms with Gasteiger partial charge < -0.3 is 10.1 Å². The van der Waals surface area contributed by atoms with Crippen LogP contribution in [-0.2, 0) is 4.79 Å². The van der Waals surface area contributed by atoms with Crippen LogP contribution < -0.4 is 10.1 Å². The van der Waals surface area contributed by atoms with Gasteiger partial charge in [0.2, 0.25) is 5.91 Å². The molecule has 0 aliphatic carbocycles. The van der Waals surface area contributed by atoms with Crippen molar-refractivity contribution < 1.29 is 9.53 Å². The maximum absolute atomic E-state index is 11.6. The number of hydrogen-bond acceptors (Lipinski definition) is 3. The lowest BCUT2D eigenvalue weighted by Gasteiger charge is -2.15. The van der Waals surface area contributed by atoms with Crippen molar-refractivity contribution in [1.29, 1.82) is 5.26 Å². The fourth-order valence-corrected chi connectivity index (χ4v) is 1.76. The lowest BCUT2D eigenvalue weighted by Crippen LogP contribution is -2.13. The SMILES string of the molecule is COc1cc(C)c(Cl)c(C)c1NC(=O)CCC#N. The Morgan fingerprint density at radius 1 is 1.56 bits per heavy atom. The zero-order chi connectivity index (χ0) is 13.7. The van der Waals surface area contributed by atoms with Crippen LogP contribution in [0.3, 0.4) is 0 Å². The van der Waals surface area contributed by atoms with Gasteiger partial charge in [0, 0.05) is 17.9 Å². The number of anilines is 1. The average molecular weight is 267 g/mol. The molecular formula is C13H15ClN2O2. The van der Waals surface area contributed by atoms with Crippen LogP contribution in [0.25, 0.3) is 0 Å². The highest BCUT2D eigenvalue weighted by atomic mass is 35.5. The molecule has 0 aliphatic rings. The van der Waals surface area contributed by atoms with Crippen LogP contribution in [0.2, 0.25) is 5.02 Å². The van der Waals surface area contributed by atoms with Crippen LogP contribution in [-0.4, -0.2) is 13.0 Å². The quantitative estimate of drug-likeness (QED) is 0.910. The topological polar surface area (TPSA) is 62.1 Å². The minimum absolute atomic E-state index is 0.157. The van der Waals surface area contributed by atoms with Gasteiger partial charge in [-0.25, -0.2) is 0 Å². The molecular weight excluding hydrogens is 252 g/mol. The van der Waals surface area contributed by atoms with Crippen molar-refractivity contribution in [2.75, 3.05) is 12.4 Å². The minimum Gasteiger partial charge on any atom is -0.495 e. The molecule has 5 heteroatoms. The first-order valence-corrected chi connectivity index (χ1v) is 5.89. The normalized spacial score (nSPS) is 9.72. The van der Waals surface area contributed by atoms with Crippen LogP contribution >= 0.6 is 11.6 Å². The van der Waals surface area contributed by atoms with Gasteiger partial charge in [0.25, 0.3) is 0 Å². The third-order valence-electron chi connectivity index (χ3n) is 2.59. The van der Waals surface area contributed by atoms with Crippen LogP contribution in [0.1, 0.15) is 24.0 Å². The number of benzene rings is 1. The molecule has 1 N–H and O–H groups in total. The van der Waals surface area contributed by atoms with Crippen LogP contribution in [0.4, 0.5) is 5.69 Å². The van der Waals surface area contributed by atoms with Crippen LogP contribution in [0.15, 0.2) is 6.07 Å². The van der Waals surface area contributed by atoms with Gasteiger partial charge in [-0.2, -0.15) is 5.26 Å². The zero-order valence-corrected chi connectivity index (χ0v) is 11.4. The van der Waals surface area contributed by atoms with Crippen LogP contribution in [0, 0.1) is 25.2 Å². The Kier molecular flexibility index (Phi) is 4.99. The summed E-state index contributed by atoms with van der Waals surface area (Å²) in [5.74, 6) is 0.345. The first-order valence-electron chi connectivity index (χ1n) is 5.51. The summed E-state index contributed by atoms with van der Waals surface area (Å²) >= 11 is 6.14. The number of amides is 1. The van der Waals surface area contributed by atoms with E-state index in [9.17, 15) is 4.79 Å². The highest BCUT2D eigenvalue weighted by Gasteiger charge is 2.14. The summed E-state index contributed by atoms with van der Waals surface area (Å²) in [6, 6.07) is 3.70. The Morgan fingerprint density at radius 3 is 2.78 bits per heavy atom. The van der Waals surface area contributed by atoms with Crippen molar-refractivity contribution >= 4 is 23.2 Å². The molecule has 0 bridgehead atoms. The van der Waals surface area contributed by atoms with E-state index in [0.29, 0.717) is 16.5 Å². The van der Waals surface area contributed by atoms with Gasteiger partial charge in [0.05, 0.1) is 18.9 Å². The monoisotopic (exact) mass is 266 g/mol. The summed E-state index contributed by atoms with van der Waals surface area (Å²) in [6.45, 7) is 3.69. The van der Waals surface area contributed by atoms with E-state index < -0.39 is 0 Å². The fraction of sp³-hybridized carbons (Fsp3) is 0.385. The molecule has 96 valence electrons. The summed E-state index contributed by atoms with van der Waals surface area (Å²) in [5.41, 5.74) is 2.22. The summed E-state index contributed by atoms with van der Waals surface area (Å²) < 4.78 is 5.23. The Balaban J connectivity index is 3.04. The van der Waals surface area contributed by atoms with E-state index in [-0.39, 0.29) is 18.7 Å². The van der Waals surface area contributed by atoms with E-state index in [1.807, 2.05) is 19.9 Å². The minimum atomic E-state index is -0.224. The van der Waals surface area contributed by atoms with Crippen molar-refractivity contribution in [2.45, 2.75) is 26.7 Å². The van der Waals surface area contributed by atoms with E-state index in [1.165, 1.54) is 7.11 Å². The smallest absolute Gasteiger partial charge is 0.225 e. The second-order valence-corrected chi connectivity index (χ2v) is 4.29. The van der Waals surface area contributed by atoms with Gasteiger partial charge in [-0.1, -0.05) is 11.6 Å². The molecule has 0 aromatic heterocycles. The van der Waals surface area contributed by atoms with Crippen molar-refractivity contribution in [3.05, 3.63) is 22.2 Å². The standard InChI is InChI=1S/C13H15ClN2O2/c1-8-7-10(18-3)13(9(2)12(8)14)16-11(17)5-4-6-15/h7H,4-5H2,1-3H3,(H,16,17). The van der Waals surface area contributed by atoms with Crippen LogP contribution in [0.5, 0.6) is 5.75 Å². The summed E-state index contributed by atoms with van der Waals surface area (Å²) in [5, 5.41) is 11.8. The lowest BCUT2D eigenvalue weighted by molar-refractivity contribution is -0.116. The predicted molar refractivity (Wildman–Crippen MR) is 71.0 cm³/mol. The molecule has 0 spiro atoms. The number of carbonyl (C=O) groups excluding carboxylic acids is 1. The molecule has 0 saturated heterocycles. The number of carbonyl (C=O) groups is 1. The van der Waals surface area contributed by atoms with E-state index in [4.69, 9.17) is 21.6 Å². The van der Waals surface area contributed by atoms with Crippen molar-refractivity contribution in [3.8, 4) is 11.8 Å². The summed E-state index contributed by atoms with van der Waals surface area (Å²) in [4.78, 5) is 11.6. The first-order chi connectivity index (χ1) is 8.51. The molecule has 0 heterocycles. The Hall–Kier alpha value is -1.73. The highest BCUT2D eigenvalue weighted by Crippen LogP contribution is 2.35. The van der Waals surface area contributed by atoms with Crippen molar-refractivity contribution in [1.82, 2.24) is 0 Å². The molecule has 4 nitrogen and oxygen atoms in total. The Morgan fingerprint density at radius 2 is 2.22 bits per heavy atom. The molecule has 1 rings (SSSR count). The number of nitrogens with zero attached hydrogens (tertiary/aromatic N) is 1. The molecule has 1 amide bonds. The maximum Gasteiger partial charge on any atom is 0.225 e. The average Bonchev–Trinajstić information content (AvgIpc) is 2.36. The number of methoxy groups -OCH3 is 1. The molecule has 1 aromatic carbocycles. The molecule has 18 heavy (non-hydrogen) atoms. The Labute approximate surface area is 112 Å². The number of halogens is 1. The molecule has 0 fully saturated rings. The lowest BCUT2D eigenvalue weighted by atomic mass is 10.1. The Bertz CT molecular complexity index is 507. The van der Waals surface area contributed by atoms with Gasteiger partial charge in [-0.15, -0.1) is 0 Å². The van der Waals surface area contributed by atoms with Gasteiger partial charge in [-0.3, -0.25) is 4.79 Å².